The van der Waals surface area contributed by atoms with E-state index in [0.717, 1.165) is 22.1 Å². The molecule has 1 aliphatic heterocycles. The highest BCUT2D eigenvalue weighted by Gasteiger charge is 2.26. The summed E-state index contributed by atoms with van der Waals surface area (Å²) in [6.07, 6.45) is 7.49. The highest BCUT2D eigenvalue weighted by molar-refractivity contribution is 5.99. The number of carbonyl (C=O) groups excluding carboxylic acids is 3. The van der Waals surface area contributed by atoms with E-state index in [1.807, 2.05) is 44.2 Å². The van der Waals surface area contributed by atoms with Crippen LogP contribution in [0.25, 0.3) is 16.5 Å². The van der Waals surface area contributed by atoms with E-state index in [0.29, 0.717) is 47.9 Å². The Morgan fingerprint density at radius 1 is 1.09 bits per heavy atom. The fourth-order valence-electron chi connectivity index (χ4n) is 5.03. The van der Waals surface area contributed by atoms with Gasteiger partial charge in [-0.15, -0.1) is 0 Å². The molecule has 43 heavy (non-hydrogen) atoms. The second-order valence-electron chi connectivity index (χ2n) is 10.4. The zero-order chi connectivity index (χ0) is 30.5. The fourth-order valence-corrected chi connectivity index (χ4v) is 5.03. The van der Waals surface area contributed by atoms with Crippen LogP contribution in [0.4, 0.5) is 10.6 Å². The van der Waals surface area contributed by atoms with Crippen molar-refractivity contribution in [1.29, 1.82) is 0 Å². The number of rotatable bonds is 7. The van der Waals surface area contributed by atoms with Crippen LogP contribution in [-0.2, 0) is 16.1 Å². The van der Waals surface area contributed by atoms with Crippen molar-refractivity contribution >= 4 is 40.2 Å². The lowest BCUT2D eigenvalue weighted by atomic mass is 10.0. The molecule has 0 radical (unpaired) electrons. The van der Waals surface area contributed by atoms with E-state index in [1.54, 1.807) is 46.6 Å². The maximum atomic E-state index is 14.0. The van der Waals surface area contributed by atoms with Crippen molar-refractivity contribution in [3.05, 3.63) is 95.3 Å². The zero-order valence-electron chi connectivity index (χ0n) is 24.6. The summed E-state index contributed by atoms with van der Waals surface area (Å²) in [7, 11) is 1.38. The molecule has 1 aromatic carbocycles. The molecule has 3 amide bonds. The number of nitrogens with one attached hydrogen (secondary N) is 1. The Hall–Kier alpha value is -5.19. The van der Waals surface area contributed by atoms with E-state index in [2.05, 4.69) is 25.3 Å². The van der Waals surface area contributed by atoms with Crippen LogP contribution in [0.2, 0.25) is 0 Å². The third-order valence-corrected chi connectivity index (χ3v) is 7.40. The van der Waals surface area contributed by atoms with Gasteiger partial charge >= 0.3 is 6.09 Å². The normalized spacial score (nSPS) is 13.7. The summed E-state index contributed by atoms with van der Waals surface area (Å²) in [5.41, 5.74) is 4.75. The molecule has 0 aliphatic carbocycles. The molecule has 4 aromatic rings. The number of carbonyl (C=O) groups is 3. The zero-order valence-corrected chi connectivity index (χ0v) is 24.6. The summed E-state index contributed by atoms with van der Waals surface area (Å²) >= 11 is 0. The first kappa shape index (κ1) is 29.3. The summed E-state index contributed by atoms with van der Waals surface area (Å²) < 4.78 is 4.82. The predicted molar refractivity (Wildman–Crippen MR) is 162 cm³/mol. The number of aromatic nitrogens is 4. The van der Waals surface area contributed by atoms with Crippen LogP contribution in [0.5, 0.6) is 0 Å². The molecule has 1 atom stereocenters. The van der Waals surface area contributed by atoms with Gasteiger partial charge in [-0.3, -0.25) is 14.6 Å². The third-order valence-electron chi connectivity index (χ3n) is 7.40. The lowest BCUT2D eigenvalue weighted by Gasteiger charge is -2.28. The molecule has 1 N–H and O–H groups in total. The molecule has 4 heterocycles. The second-order valence-corrected chi connectivity index (χ2v) is 10.4. The Balaban J connectivity index is 1.41. The van der Waals surface area contributed by atoms with Crippen LogP contribution >= 0.6 is 0 Å². The van der Waals surface area contributed by atoms with Crippen molar-refractivity contribution in [2.75, 3.05) is 25.5 Å². The number of aryl methyl sites for hydroxylation is 1. The van der Waals surface area contributed by atoms with Gasteiger partial charge in [0, 0.05) is 49.6 Å². The first-order valence-corrected chi connectivity index (χ1v) is 14.0. The number of ether oxygens (including phenoxy) is 1. The maximum absolute atomic E-state index is 14.0. The van der Waals surface area contributed by atoms with Gasteiger partial charge in [-0.05, 0) is 73.4 Å². The molecule has 220 valence electrons. The Labute approximate surface area is 249 Å². The Kier molecular flexibility index (Phi) is 8.70. The second kappa shape index (κ2) is 12.8. The topological polar surface area (TPSA) is 131 Å². The molecule has 1 aliphatic rings. The molecular weight excluding hydrogens is 546 g/mol. The van der Waals surface area contributed by atoms with E-state index >= 15 is 0 Å². The third kappa shape index (κ3) is 6.66. The maximum Gasteiger partial charge on any atom is 0.409 e. The highest BCUT2D eigenvalue weighted by Crippen LogP contribution is 2.27. The standard InChI is InChI=1S/C32H33N7O4/c1-20-16-26-17-24(7-9-28(26)37-29(20)36-22(3)40)31(41)39(21(2)30-33-12-5-13-34-30)19-27-8-6-25(18-35-27)23-10-14-38(15-11-23)32(42)43-4/h5-10,12-13,16-18,21H,11,14-15,19H2,1-4H3,(H,36,37,40)/t21-/m1/s1. The van der Waals surface area contributed by atoms with Crippen molar-refractivity contribution in [3.8, 4) is 0 Å². The predicted octanol–water partition coefficient (Wildman–Crippen LogP) is 4.95. The average Bonchev–Trinajstić information content (AvgIpc) is 3.03. The molecule has 3 aromatic heterocycles. The van der Waals surface area contributed by atoms with Crippen molar-refractivity contribution in [2.24, 2.45) is 0 Å². The Morgan fingerprint density at radius 3 is 2.53 bits per heavy atom. The lowest BCUT2D eigenvalue weighted by molar-refractivity contribution is -0.114. The van der Waals surface area contributed by atoms with Gasteiger partial charge in [0.2, 0.25) is 5.91 Å². The molecule has 5 rings (SSSR count). The molecule has 0 saturated heterocycles. The summed E-state index contributed by atoms with van der Waals surface area (Å²) in [5, 5.41) is 3.53. The minimum atomic E-state index is -0.432. The van der Waals surface area contributed by atoms with Crippen LogP contribution in [0.15, 0.2) is 67.1 Å². The van der Waals surface area contributed by atoms with Crippen LogP contribution in [-0.4, -0.2) is 67.8 Å². The number of anilines is 1. The SMILES string of the molecule is COC(=O)N1CC=C(c2ccc(CN(C(=O)c3ccc4nc(NC(C)=O)c(C)cc4c3)[C@H](C)c3ncccn3)nc2)CC1. The number of hydrogen-bond acceptors (Lipinski definition) is 8. The van der Waals surface area contributed by atoms with Crippen LogP contribution in [0, 0.1) is 6.92 Å². The molecule has 0 spiro atoms. The van der Waals surface area contributed by atoms with Gasteiger partial charge in [0.1, 0.15) is 11.6 Å². The molecule has 0 unspecified atom stereocenters. The highest BCUT2D eigenvalue weighted by atomic mass is 16.5. The molecule has 0 bridgehead atoms. The Bertz CT molecular complexity index is 1690. The number of methoxy groups -OCH3 is 1. The van der Waals surface area contributed by atoms with Crippen molar-refractivity contribution < 1.29 is 19.1 Å². The number of benzene rings is 1. The molecular formula is C32H33N7O4. The van der Waals surface area contributed by atoms with Crippen molar-refractivity contribution in [3.63, 3.8) is 0 Å². The number of fused-ring (bicyclic) bond motifs is 1. The summed E-state index contributed by atoms with van der Waals surface area (Å²) in [5.74, 6) is 0.620. The molecule has 11 nitrogen and oxygen atoms in total. The van der Waals surface area contributed by atoms with Gasteiger partial charge in [-0.25, -0.2) is 19.7 Å². The average molecular weight is 580 g/mol. The fraction of sp³-hybridized carbons (Fsp3) is 0.281. The van der Waals surface area contributed by atoms with Gasteiger partial charge in [-0.1, -0.05) is 12.1 Å². The molecule has 0 saturated carbocycles. The van der Waals surface area contributed by atoms with E-state index < -0.39 is 6.04 Å². The largest absolute Gasteiger partial charge is 0.453 e. The molecule has 0 fully saturated rings. The Morgan fingerprint density at radius 2 is 1.88 bits per heavy atom. The number of hydrogen-bond donors (Lipinski definition) is 1. The smallest absolute Gasteiger partial charge is 0.409 e. The van der Waals surface area contributed by atoms with Crippen molar-refractivity contribution in [2.45, 2.75) is 39.8 Å². The minimum absolute atomic E-state index is 0.197. The van der Waals surface area contributed by atoms with Crippen LogP contribution in [0.1, 0.15) is 59.3 Å². The quantitative estimate of drug-likeness (QED) is 0.326. The lowest BCUT2D eigenvalue weighted by Crippen LogP contribution is -2.34. The van der Waals surface area contributed by atoms with Gasteiger partial charge in [-0.2, -0.15) is 0 Å². The number of nitrogens with zero attached hydrogens (tertiary/aromatic N) is 6. The van der Waals surface area contributed by atoms with Gasteiger partial charge in [0.25, 0.3) is 5.91 Å². The summed E-state index contributed by atoms with van der Waals surface area (Å²) in [4.78, 5) is 58.8. The van der Waals surface area contributed by atoms with Crippen LogP contribution in [0.3, 0.4) is 0 Å². The first-order chi connectivity index (χ1) is 20.7. The van der Waals surface area contributed by atoms with Crippen molar-refractivity contribution in [1.82, 2.24) is 29.7 Å². The van der Waals surface area contributed by atoms with Gasteiger partial charge in [0.15, 0.2) is 0 Å². The van der Waals surface area contributed by atoms with Crippen LogP contribution < -0.4 is 5.32 Å². The monoisotopic (exact) mass is 579 g/mol. The summed E-state index contributed by atoms with van der Waals surface area (Å²) in [6, 6.07) is 12.4. The van der Waals surface area contributed by atoms with E-state index in [1.165, 1.54) is 14.0 Å². The first-order valence-electron chi connectivity index (χ1n) is 14.0. The van der Waals surface area contributed by atoms with Gasteiger partial charge < -0.3 is 19.9 Å². The van der Waals surface area contributed by atoms with E-state index in [9.17, 15) is 14.4 Å². The molecule has 11 heteroatoms. The van der Waals surface area contributed by atoms with Gasteiger partial charge in [0.05, 0.1) is 30.9 Å². The van der Waals surface area contributed by atoms with E-state index in [-0.39, 0.29) is 24.5 Å². The summed E-state index contributed by atoms with van der Waals surface area (Å²) in [6.45, 7) is 6.50. The minimum Gasteiger partial charge on any atom is -0.453 e. The van der Waals surface area contributed by atoms with E-state index in [4.69, 9.17) is 4.74 Å². The number of pyridine rings is 2. The number of amides is 3.